The Hall–Kier alpha value is -2.92. The fraction of sp³-hybridized carbons (Fsp3) is 0.261. The number of carbonyl (C=O) groups excluding carboxylic acids is 1. The van der Waals surface area contributed by atoms with Gasteiger partial charge in [-0.25, -0.2) is 4.39 Å². The molecule has 3 aromatic rings. The molecule has 28 heavy (non-hydrogen) atoms. The van der Waals surface area contributed by atoms with Crippen LogP contribution in [-0.4, -0.2) is 41.9 Å². The van der Waals surface area contributed by atoms with E-state index in [1.165, 1.54) is 11.6 Å². The second kappa shape index (κ2) is 8.40. The molecule has 0 unspecified atom stereocenters. The molecule has 0 N–H and O–H groups in total. The minimum absolute atomic E-state index is 0.135. The van der Waals surface area contributed by atoms with Gasteiger partial charge >= 0.3 is 0 Å². The second-order valence-electron chi connectivity index (χ2n) is 7.05. The van der Waals surface area contributed by atoms with Gasteiger partial charge in [-0.15, -0.1) is 0 Å². The molecule has 0 radical (unpaired) electrons. The molecule has 1 aliphatic heterocycles. The van der Waals surface area contributed by atoms with Crippen LogP contribution >= 0.6 is 0 Å². The van der Waals surface area contributed by atoms with Crippen LogP contribution < -0.4 is 0 Å². The zero-order valence-electron chi connectivity index (χ0n) is 15.7. The number of carbonyl (C=O) groups is 1. The smallest absolute Gasteiger partial charge is 0.289 e. The van der Waals surface area contributed by atoms with Gasteiger partial charge in [0.25, 0.3) is 5.91 Å². The van der Waals surface area contributed by atoms with Crippen molar-refractivity contribution in [2.45, 2.75) is 13.0 Å². The Kier molecular flexibility index (Phi) is 5.53. The van der Waals surface area contributed by atoms with Crippen molar-refractivity contribution in [3.05, 3.63) is 83.9 Å². The molecule has 1 fully saturated rings. The molecule has 2 aromatic carbocycles. The van der Waals surface area contributed by atoms with Gasteiger partial charge in [-0.3, -0.25) is 9.69 Å². The predicted octanol–water partition coefficient (Wildman–Crippen LogP) is 4.43. The van der Waals surface area contributed by atoms with E-state index in [9.17, 15) is 9.18 Å². The normalized spacial score (nSPS) is 15.4. The standard InChI is InChI=1S/C23H23FN2O2/c24-20-10-5-4-9-19(20)21-11-12-22(28-21)23(27)26-14-6-13-25(15-16-26)17-18-7-2-1-3-8-18/h1-5,7-12H,6,13-17H2. The Bertz CT molecular complexity index is 939. The third-order valence-corrected chi connectivity index (χ3v) is 5.08. The Morgan fingerprint density at radius 2 is 1.68 bits per heavy atom. The molecule has 0 bridgehead atoms. The maximum atomic E-state index is 14.0. The maximum absolute atomic E-state index is 14.0. The first-order valence-corrected chi connectivity index (χ1v) is 9.61. The summed E-state index contributed by atoms with van der Waals surface area (Å²) in [6.07, 6.45) is 0.916. The van der Waals surface area contributed by atoms with E-state index in [4.69, 9.17) is 4.42 Å². The molecular weight excluding hydrogens is 355 g/mol. The van der Waals surface area contributed by atoms with Crippen molar-refractivity contribution >= 4 is 5.91 Å². The SMILES string of the molecule is O=C(c1ccc(-c2ccccc2F)o1)N1CCCN(Cc2ccccc2)CC1. The zero-order chi connectivity index (χ0) is 19.3. The first kappa shape index (κ1) is 18.4. The quantitative estimate of drug-likeness (QED) is 0.674. The van der Waals surface area contributed by atoms with E-state index in [1.807, 2.05) is 23.1 Å². The van der Waals surface area contributed by atoms with Gasteiger partial charge in [0.15, 0.2) is 5.76 Å². The van der Waals surface area contributed by atoms with Gasteiger partial charge in [0.05, 0.1) is 5.56 Å². The molecule has 4 nitrogen and oxygen atoms in total. The van der Waals surface area contributed by atoms with Crippen molar-refractivity contribution in [3.8, 4) is 11.3 Å². The molecule has 0 aliphatic carbocycles. The minimum atomic E-state index is -0.359. The van der Waals surface area contributed by atoms with Crippen molar-refractivity contribution < 1.29 is 13.6 Å². The van der Waals surface area contributed by atoms with Gasteiger partial charge in [0.1, 0.15) is 11.6 Å². The van der Waals surface area contributed by atoms with Gasteiger partial charge in [-0.1, -0.05) is 42.5 Å². The highest BCUT2D eigenvalue weighted by Crippen LogP contribution is 2.25. The van der Waals surface area contributed by atoms with Gasteiger partial charge in [-0.05, 0) is 36.2 Å². The highest BCUT2D eigenvalue weighted by atomic mass is 19.1. The molecule has 1 aromatic heterocycles. The summed E-state index contributed by atoms with van der Waals surface area (Å²) in [6, 6.07) is 20.1. The van der Waals surface area contributed by atoms with Gasteiger partial charge in [0, 0.05) is 32.7 Å². The molecule has 1 aliphatic rings. The van der Waals surface area contributed by atoms with Crippen LogP contribution in [0.3, 0.4) is 0 Å². The van der Waals surface area contributed by atoms with E-state index in [2.05, 4.69) is 17.0 Å². The molecule has 0 saturated carbocycles. The van der Waals surface area contributed by atoms with E-state index in [1.54, 1.807) is 30.3 Å². The van der Waals surface area contributed by atoms with E-state index in [0.717, 1.165) is 26.1 Å². The van der Waals surface area contributed by atoms with Crippen LogP contribution in [0.2, 0.25) is 0 Å². The molecule has 4 rings (SSSR count). The number of amides is 1. The lowest BCUT2D eigenvalue weighted by atomic mass is 10.1. The van der Waals surface area contributed by atoms with Crippen molar-refractivity contribution in [2.24, 2.45) is 0 Å². The molecule has 1 amide bonds. The Labute approximate surface area is 164 Å². The van der Waals surface area contributed by atoms with Crippen molar-refractivity contribution in [1.29, 1.82) is 0 Å². The van der Waals surface area contributed by atoms with Crippen molar-refractivity contribution in [1.82, 2.24) is 9.80 Å². The topological polar surface area (TPSA) is 36.7 Å². The average Bonchev–Trinajstić information content (AvgIpc) is 3.09. The number of furan rings is 1. The van der Waals surface area contributed by atoms with E-state index in [-0.39, 0.29) is 17.5 Å². The summed E-state index contributed by atoms with van der Waals surface area (Å²) in [6.45, 7) is 4.02. The van der Waals surface area contributed by atoms with Crippen LogP contribution in [0, 0.1) is 5.82 Å². The fourth-order valence-corrected chi connectivity index (χ4v) is 3.59. The Balaban J connectivity index is 1.41. The lowest BCUT2D eigenvalue weighted by Gasteiger charge is -2.21. The third kappa shape index (κ3) is 4.15. The summed E-state index contributed by atoms with van der Waals surface area (Å²) in [4.78, 5) is 17.1. The monoisotopic (exact) mass is 378 g/mol. The molecule has 0 spiro atoms. The van der Waals surface area contributed by atoms with Crippen LogP contribution in [0.4, 0.5) is 4.39 Å². The number of benzene rings is 2. The van der Waals surface area contributed by atoms with Gasteiger partial charge < -0.3 is 9.32 Å². The molecule has 0 atom stereocenters. The molecular formula is C23H23FN2O2. The molecule has 2 heterocycles. The fourth-order valence-electron chi connectivity index (χ4n) is 3.59. The van der Waals surface area contributed by atoms with Gasteiger partial charge in [0.2, 0.25) is 0 Å². The minimum Gasteiger partial charge on any atom is -0.451 e. The predicted molar refractivity (Wildman–Crippen MR) is 106 cm³/mol. The number of hydrogen-bond donors (Lipinski definition) is 0. The van der Waals surface area contributed by atoms with Crippen molar-refractivity contribution in [2.75, 3.05) is 26.2 Å². The van der Waals surface area contributed by atoms with Crippen LogP contribution in [0.1, 0.15) is 22.5 Å². The zero-order valence-corrected chi connectivity index (χ0v) is 15.7. The van der Waals surface area contributed by atoms with Crippen molar-refractivity contribution in [3.63, 3.8) is 0 Å². The third-order valence-electron chi connectivity index (χ3n) is 5.08. The summed E-state index contributed by atoms with van der Waals surface area (Å²) in [5, 5.41) is 0. The highest BCUT2D eigenvalue weighted by Gasteiger charge is 2.23. The summed E-state index contributed by atoms with van der Waals surface area (Å²) >= 11 is 0. The largest absolute Gasteiger partial charge is 0.451 e. The highest BCUT2D eigenvalue weighted by molar-refractivity contribution is 5.92. The number of hydrogen-bond acceptors (Lipinski definition) is 3. The summed E-state index contributed by atoms with van der Waals surface area (Å²) in [5.41, 5.74) is 1.65. The number of nitrogens with zero attached hydrogens (tertiary/aromatic N) is 2. The molecule has 1 saturated heterocycles. The van der Waals surface area contributed by atoms with E-state index >= 15 is 0 Å². The molecule has 5 heteroatoms. The maximum Gasteiger partial charge on any atom is 0.289 e. The van der Waals surface area contributed by atoms with E-state index in [0.29, 0.717) is 24.4 Å². The first-order chi connectivity index (χ1) is 13.7. The summed E-state index contributed by atoms with van der Waals surface area (Å²) in [7, 11) is 0. The molecule has 144 valence electrons. The van der Waals surface area contributed by atoms with Crippen LogP contribution in [0.15, 0.2) is 71.1 Å². The van der Waals surface area contributed by atoms with Crippen LogP contribution in [-0.2, 0) is 6.54 Å². The van der Waals surface area contributed by atoms with Crippen LogP contribution in [0.25, 0.3) is 11.3 Å². The summed E-state index contributed by atoms with van der Waals surface area (Å²) < 4.78 is 19.6. The average molecular weight is 378 g/mol. The van der Waals surface area contributed by atoms with Crippen LogP contribution in [0.5, 0.6) is 0 Å². The van der Waals surface area contributed by atoms with Gasteiger partial charge in [-0.2, -0.15) is 0 Å². The lowest BCUT2D eigenvalue weighted by Crippen LogP contribution is -2.34. The Morgan fingerprint density at radius 1 is 0.893 bits per heavy atom. The van der Waals surface area contributed by atoms with E-state index < -0.39 is 0 Å². The number of halogens is 1. The second-order valence-corrected chi connectivity index (χ2v) is 7.05. The first-order valence-electron chi connectivity index (χ1n) is 9.61. The lowest BCUT2D eigenvalue weighted by molar-refractivity contribution is 0.0730. The number of rotatable bonds is 4. The summed E-state index contributed by atoms with van der Waals surface area (Å²) in [5.74, 6) is 0.142. The Morgan fingerprint density at radius 3 is 2.50 bits per heavy atom.